The van der Waals surface area contributed by atoms with Crippen LogP contribution in [-0.2, 0) is 0 Å². The Bertz CT molecular complexity index is 631. The molecule has 0 radical (unpaired) electrons. The molecule has 0 saturated carbocycles. The molecule has 6 heteroatoms. The number of likely N-dealkylation sites (tertiary alicyclic amines) is 1. The quantitative estimate of drug-likeness (QED) is 0.885. The Morgan fingerprint density at radius 2 is 2.05 bits per heavy atom. The number of fused-ring (bicyclic) bond motifs is 1. The Balaban J connectivity index is 1.76. The molecular formula is C16H21FN4O. The number of aliphatic hydroxyl groups is 1. The van der Waals surface area contributed by atoms with E-state index in [0.29, 0.717) is 16.7 Å². The molecule has 1 unspecified atom stereocenters. The molecule has 2 N–H and O–H groups in total. The van der Waals surface area contributed by atoms with Crippen molar-refractivity contribution in [2.24, 2.45) is 0 Å². The highest BCUT2D eigenvalue weighted by atomic mass is 19.1. The summed E-state index contributed by atoms with van der Waals surface area (Å²) in [5.74, 6) is 0.252. The van der Waals surface area contributed by atoms with E-state index in [2.05, 4.69) is 20.2 Å². The van der Waals surface area contributed by atoms with Gasteiger partial charge in [0, 0.05) is 11.9 Å². The molecule has 1 aliphatic rings. The van der Waals surface area contributed by atoms with Gasteiger partial charge in [0.1, 0.15) is 18.0 Å². The number of aromatic nitrogens is 2. The molecule has 1 fully saturated rings. The highest BCUT2D eigenvalue weighted by molar-refractivity contribution is 5.88. The third-order valence-corrected chi connectivity index (χ3v) is 4.09. The molecule has 1 aromatic carbocycles. The Hall–Kier alpha value is -1.79. The first kappa shape index (κ1) is 15.1. The van der Waals surface area contributed by atoms with Crippen LogP contribution in [0.3, 0.4) is 0 Å². The van der Waals surface area contributed by atoms with Gasteiger partial charge in [0.25, 0.3) is 0 Å². The maximum atomic E-state index is 13.5. The zero-order valence-electron chi connectivity index (χ0n) is 12.5. The summed E-state index contributed by atoms with van der Waals surface area (Å²) in [4.78, 5) is 10.7. The second-order valence-corrected chi connectivity index (χ2v) is 5.77. The fraction of sp³-hybridized carbons (Fsp3) is 0.500. The average Bonchev–Trinajstić information content (AvgIpc) is 2.55. The van der Waals surface area contributed by atoms with E-state index in [1.165, 1.54) is 37.7 Å². The Morgan fingerprint density at radius 3 is 2.82 bits per heavy atom. The molecule has 0 amide bonds. The van der Waals surface area contributed by atoms with Crippen LogP contribution in [-0.4, -0.2) is 52.3 Å². The van der Waals surface area contributed by atoms with Gasteiger partial charge in [-0.15, -0.1) is 0 Å². The number of nitrogens with one attached hydrogen (secondary N) is 1. The zero-order chi connectivity index (χ0) is 15.4. The lowest BCUT2D eigenvalue weighted by Gasteiger charge is -2.30. The SMILES string of the molecule is OCC(CN1CCCCC1)Nc1ncnc2ccc(F)cc12. The van der Waals surface area contributed by atoms with Gasteiger partial charge in [0.05, 0.1) is 18.2 Å². The lowest BCUT2D eigenvalue weighted by molar-refractivity contribution is 0.187. The molecule has 1 aliphatic heterocycles. The van der Waals surface area contributed by atoms with Crippen molar-refractivity contribution in [1.29, 1.82) is 0 Å². The van der Waals surface area contributed by atoms with Gasteiger partial charge in [-0.1, -0.05) is 6.42 Å². The molecule has 1 atom stereocenters. The number of rotatable bonds is 5. The van der Waals surface area contributed by atoms with E-state index in [-0.39, 0.29) is 18.5 Å². The predicted octanol–water partition coefficient (Wildman–Crippen LogP) is 2.03. The first-order chi connectivity index (χ1) is 10.8. The topological polar surface area (TPSA) is 61.3 Å². The minimum Gasteiger partial charge on any atom is -0.394 e. The molecule has 5 nitrogen and oxygen atoms in total. The van der Waals surface area contributed by atoms with Crippen LogP contribution in [0, 0.1) is 5.82 Å². The van der Waals surface area contributed by atoms with Crippen LogP contribution in [0.2, 0.25) is 0 Å². The number of halogens is 1. The summed E-state index contributed by atoms with van der Waals surface area (Å²) in [7, 11) is 0. The van der Waals surface area contributed by atoms with E-state index in [1.807, 2.05) is 0 Å². The summed E-state index contributed by atoms with van der Waals surface area (Å²) < 4.78 is 13.5. The summed E-state index contributed by atoms with van der Waals surface area (Å²) >= 11 is 0. The van der Waals surface area contributed by atoms with E-state index in [0.717, 1.165) is 19.6 Å². The summed E-state index contributed by atoms with van der Waals surface area (Å²) in [5, 5.41) is 13.5. The number of piperidine rings is 1. The van der Waals surface area contributed by atoms with Crippen molar-refractivity contribution >= 4 is 16.7 Å². The summed E-state index contributed by atoms with van der Waals surface area (Å²) in [5.41, 5.74) is 0.688. The van der Waals surface area contributed by atoms with Gasteiger partial charge in [-0.2, -0.15) is 0 Å². The lowest BCUT2D eigenvalue weighted by Crippen LogP contribution is -2.41. The minimum atomic E-state index is -0.318. The predicted molar refractivity (Wildman–Crippen MR) is 84.3 cm³/mol. The van der Waals surface area contributed by atoms with Crippen LogP contribution in [0.5, 0.6) is 0 Å². The highest BCUT2D eigenvalue weighted by Crippen LogP contribution is 2.21. The second kappa shape index (κ2) is 6.98. The van der Waals surface area contributed by atoms with Crippen LogP contribution in [0.15, 0.2) is 24.5 Å². The molecule has 0 spiro atoms. The monoisotopic (exact) mass is 304 g/mol. The van der Waals surface area contributed by atoms with Crippen LogP contribution in [0.4, 0.5) is 10.2 Å². The van der Waals surface area contributed by atoms with Crippen LogP contribution >= 0.6 is 0 Å². The van der Waals surface area contributed by atoms with Crippen molar-refractivity contribution in [2.45, 2.75) is 25.3 Å². The summed E-state index contributed by atoms with van der Waals surface area (Å²) in [6, 6.07) is 4.32. The van der Waals surface area contributed by atoms with Crippen molar-refractivity contribution in [3.05, 3.63) is 30.3 Å². The molecule has 0 aliphatic carbocycles. The van der Waals surface area contributed by atoms with Crippen molar-refractivity contribution < 1.29 is 9.50 Å². The van der Waals surface area contributed by atoms with Gasteiger partial charge in [-0.25, -0.2) is 14.4 Å². The molecule has 1 aromatic heterocycles. The number of hydrogen-bond acceptors (Lipinski definition) is 5. The van der Waals surface area contributed by atoms with E-state index < -0.39 is 0 Å². The smallest absolute Gasteiger partial charge is 0.137 e. The van der Waals surface area contributed by atoms with Crippen molar-refractivity contribution in [2.75, 3.05) is 31.6 Å². The maximum Gasteiger partial charge on any atom is 0.137 e. The van der Waals surface area contributed by atoms with Gasteiger partial charge >= 0.3 is 0 Å². The average molecular weight is 304 g/mol. The van der Waals surface area contributed by atoms with Gasteiger partial charge in [0.15, 0.2) is 0 Å². The van der Waals surface area contributed by atoms with E-state index in [1.54, 1.807) is 6.07 Å². The summed E-state index contributed by atoms with van der Waals surface area (Å²) in [6.07, 6.45) is 5.15. The minimum absolute atomic E-state index is 0.0112. The largest absolute Gasteiger partial charge is 0.394 e. The molecule has 2 heterocycles. The van der Waals surface area contributed by atoms with Gasteiger partial charge in [-0.3, -0.25) is 0 Å². The molecule has 0 bridgehead atoms. The van der Waals surface area contributed by atoms with Crippen LogP contribution < -0.4 is 5.32 Å². The first-order valence-electron chi connectivity index (χ1n) is 7.76. The standard InChI is InChI=1S/C16H21FN4O/c17-12-4-5-15-14(8-12)16(19-11-18-15)20-13(10-22)9-21-6-2-1-3-7-21/h4-5,8,11,13,22H,1-3,6-7,9-10H2,(H,18,19,20). The molecular weight excluding hydrogens is 283 g/mol. The van der Waals surface area contributed by atoms with E-state index in [4.69, 9.17) is 0 Å². The molecule has 2 aromatic rings. The number of aliphatic hydroxyl groups excluding tert-OH is 1. The third kappa shape index (κ3) is 3.51. The zero-order valence-corrected chi connectivity index (χ0v) is 12.5. The highest BCUT2D eigenvalue weighted by Gasteiger charge is 2.17. The van der Waals surface area contributed by atoms with E-state index in [9.17, 15) is 9.50 Å². The Labute approximate surface area is 129 Å². The fourth-order valence-corrected chi connectivity index (χ4v) is 2.94. The number of nitrogens with zero attached hydrogens (tertiary/aromatic N) is 3. The van der Waals surface area contributed by atoms with Gasteiger partial charge in [-0.05, 0) is 44.1 Å². The molecule has 1 saturated heterocycles. The van der Waals surface area contributed by atoms with E-state index >= 15 is 0 Å². The number of hydrogen-bond donors (Lipinski definition) is 2. The number of anilines is 1. The Kier molecular flexibility index (Phi) is 4.80. The molecule has 22 heavy (non-hydrogen) atoms. The maximum absolute atomic E-state index is 13.5. The Morgan fingerprint density at radius 1 is 1.23 bits per heavy atom. The van der Waals surface area contributed by atoms with Gasteiger partial charge in [0.2, 0.25) is 0 Å². The molecule has 118 valence electrons. The molecule has 3 rings (SSSR count). The summed E-state index contributed by atoms with van der Waals surface area (Å²) in [6.45, 7) is 2.91. The van der Waals surface area contributed by atoms with Crippen molar-refractivity contribution in [3.63, 3.8) is 0 Å². The number of benzene rings is 1. The van der Waals surface area contributed by atoms with Crippen LogP contribution in [0.1, 0.15) is 19.3 Å². The first-order valence-corrected chi connectivity index (χ1v) is 7.76. The van der Waals surface area contributed by atoms with Crippen molar-refractivity contribution in [3.8, 4) is 0 Å². The lowest BCUT2D eigenvalue weighted by atomic mass is 10.1. The normalized spacial score (nSPS) is 17.5. The second-order valence-electron chi connectivity index (χ2n) is 5.77. The third-order valence-electron chi connectivity index (χ3n) is 4.09. The van der Waals surface area contributed by atoms with Crippen LogP contribution in [0.25, 0.3) is 10.9 Å². The van der Waals surface area contributed by atoms with Crippen molar-refractivity contribution in [1.82, 2.24) is 14.9 Å². The fourth-order valence-electron chi connectivity index (χ4n) is 2.94. The van der Waals surface area contributed by atoms with Gasteiger partial charge < -0.3 is 15.3 Å².